The van der Waals surface area contributed by atoms with Crippen molar-refractivity contribution in [1.82, 2.24) is 0 Å². The van der Waals surface area contributed by atoms with Crippen molar-refractivity contribution in [3.63, 3.8) is 0 Å². The number of rotatable bonds is 5. The molecule has 0 saturated carbocycles. The molecule has 1 aromatic rings. The molecule has 0 fully saturated rings. The second-order valence-corrected chi connectivity index (χ2v) is 4.25. The van der Waals surface area contributed by atoms with E-state index in [2.05, 4.69) is 6.58 Å². The van der Waals surface area contributed by atoms with Gasteiger partial charge < -0.3 is 4.74 Å². The van der Waals surface area contributed by atoms with Crippen LogP contribution in [-0.2, 0) is 16.0 Å². The standard InChI is InChI=1S/C14H16F2O2/c1-4-14(3,13(17)18-5-2)9-10-6-7-11(15)8-12(10)16/h4,6-8H,1,5,9H2,2-3H3. The van der Waals surface area contributed by atoms with Crippen LogP contribution >= 0.6 is 0 Å². The number of esters is 1. The Labute approximate surface area is 105 Å². The summed E-state index contributed by atoms with van der Waals surface area (Å²) in [6.45, 7) is 7.13. The molecule has 0 aliphatic rings. The zero-order chi connectivity index (χ0) is 13.8. The summed E-state index contributed by atoms with van der Waals surface area (Å²) in [6.07, 6.45) is 1.51. The minimum atomic E-state index is -1.02. The molecule has 0 aliphatic carbocycles. The van der Waals surface area contributed by atoms with Gasteiger partial charge in [0.1, 0.15) is 11.6 Å². The minimum absolute atomic E-state index is 0.0848. The van der Waals surface area contributed by atoms with Crippen LogP contribution in [0.1, 0.15) is 19.4 Å². The minimum Gasteiger partial charge on any atom is -0.465 e. The van der Waals surface area contributed by atoms with Crippen LogP contribution in [0, 0.1) is 17.0 Å². The maximum absolute atomic E-state index is 13.5. The van der Waals surface area contributed by atoms with Crippen molar-refractivity contribution in [1.29, 1.82) is 0 Å². The lowest BCUT2D eigenvalue weighted by Gasteiger charge is -2.23. The fourth-order valence-electron chi connectivity index (χ4n) is 1.58. The first-order chi connectivity index (χ1) is 8.42. The van der Waals surface area contributed by atoms with Gasteiger partial charge in [0.2, 0.25) is 0 Å². The van der Waals surface area contributed by atoms with E-state index in [4.69, 9.17) is 4.74 Å². The van der Waals surface area contributed by atoms with Gasteiger partial charge in [-0.1, -0.05) is 12.1 Å². The summed E-state index contributed by atoms with van der Waals surface area (Å²) < 4.78 is 31.3. The Bertz CT molecular complexity index is 457. The Morgan fingerprint density at radius 3 is 2.67 bits per heavy atom. The third-order valence-electron chi connectivity index (χ3n) is 2.77. The van der Waals surface area contributed by atoms with E-state index in [1.54, 1.807) is 13.8 Å². The highest BCUT2D eigenvalue weighted by Crippen LogP contribution is 2.27. The van der Waals surface area contributed by atoms with Crippen molar-refractivity contribution in [2.45, 2.75) is 20.3 Å². The molecule has 0 bridgehead atoms. The number of ether oxygens (including phenoxy) is 1. The average Bonchev–Trinajstić information content (AvgIpc) is 2.33. The van der Waals surface area contributed by atoms with E-state index in [1.807, 2.05) is 0 Å². The van der Waals surface area contributed by atoms with E-state index < -0.39 is 23.0 Å². The molecule has 0 saturated heterocycles. The quantitative estimate of drug-likeness (QED) is 0.595. The zero-order valence-electron chi connectivity index (χ0n) is 10.5. The molecule has 0 N–H and O–H groups in total. The molecule has 98 valence electrons. The van der Waals surface area contributed by atoms with Crippen molar-refractivity contribution in [3.05, 3.63) is 48.1 Å². The smallest absolute Gasteiger partial charge is 0.315 e. The number of carbonyl (C=O) groups is 1. The largest absolute Gasteiger partial charge is 0.465 e. The van der Waals surface area contributed by atoms with E-state index in [0.29, 0.717) is 0 Å². The summed E-state index contributed by atoms with van der Waals surface area (Å²) in [7, 11) is 0. The van der Waals surface area contributed by atoms with Gasteiger partial charge in [-0.05, 0) is 31.9 Å². The molecule has 18 heavy (non-hydrogen) atoms. The van der Waals surface area contributed by atoms with E-state index in [9.17, 15) is 13.6 Å². The maximum atomic E-state index is 13.5. The monoisotopic (exact) mass is 254 g/mol. The highest BCUT2D eigenvalue weighted by molar-refractivity contribution is 5.79. The molecule has 2 nitrogen and oxygen atoms in total. The van der Waals surface area contributed by atoms with Crippen LogP contribution in [0.25, 0.3) is 0 Å². The number of hydrogen-bond donors (Lipinski definition) is 0. The van der Waals surface area contributed by atoms with Crippen molar-refractivity contribution >= 4 is 5.97 Å². The van der Waals surface area contributed by atoms with Gasteiger partial charge in [-0.25, -0.2) is 8.78 Å². The van der Waals surface area contributed by atoms with E-state index in [0.717, 1.165) is 12.1 Å². The summed E-state index contributed by atoms with van der Waals surface area (Å²) in [5.74, 6) is -1.79. The fourth-order valence-corrected chi connectivity index (χ4v) is 1.58. The molecule has 1 atom stereocenters. The SMILES string of the molecule is C=CC(C)(Cc1ccc(F)cc1F)C(=O)OCC. The van der Waals surface area contributed by atoms with Gasteiger partial charge in [-0.2, -0.15) is 0 Å². The van der Waals surface area contributed by atoms with Gasteiger partial charge in [-0.3, -0.25) is 4.79 Å². The first kappa shape index (κ1) is 14.4. The Hall–Kier alpha value is -1.71. The van der Waals surface area contributed by atoms with Crippen LogP contribution in [0.4, 0.5) is 8.78 Å². The molecule has 0 spiro atoms. The number of benzene rings is 1. The first-order valence-corrected chi connectivity index (χ1v) is 5.67. The summed E-state index contributed by atoms with van der Waals surface area (Å²) in [4.78, 5) is 11.8. The van der Waals surface area contributed by atoms with Gasteiger partial charge >= 0.3 is 5.97 Å². The number of hydrogen-bond acceptors (Lipinski definition) is 2. The lowest BCUT2D eigenvalue weighted by molar-refractivity contribution is -0.151. The second kappa shape index (κ2) is 5.76. The maximum Gasteiger partial charge on any atom is 0.315 e. The molecule has 0 aromatic heterocycles. The van der Waals surface area contributed by atoms with Crippen LogP contribution in [0.3, 0.4) is 0 Å². The van der Waals surface area contributed by atoms with Crippen LogP contribution in [0.5, 0.6) is 0 Å². The number of carbonyl (C=O) groups excluding carboxylic acids is 1. The molecule has 0 radical (unpaired) electrons. The normalized spacial score (nSPS) is 13.8. The van der Waals surface area contributed by atoms with Crippen molar-refractivity contribution < 1.29 is 18.3 Å². The molecule has 1 rings (SSSR count). The fraction of sp³-hybridized carbons (Fsp3) is 0.357. The third kappa shape index (κ3) is 3.15. The summed E-state index contributed by atoms with van der Waals surface area (Å²) in [5, 5.41) is 0. The Kier molecular flexibility index (Phi) is 4.59. The van der Waals surface area contributed by atoms with Gasteiger partial charge in [0, 0.05) is 6.07 Å². The summed E-state index contributed by atoms with van der Waals surface area (Å²) in [6, 6.07) is 3.28. The second-order valence-electron chi connectivity index (χ2n) is 4.25. The van der Waals surface area contributed by atoms with Crippen LogP contribution in [0.2, 0.25) is 0 Å². The van der Waals surface area contributed by atoms with Crippen molar-refractivity contribution in [3.8, 4) is 0 Å². The molecule has 0 aliphatic heterocycles. The summed E-state index contributed by atoms with van der Waals surface area (Å²) in [5.41, 5.74) is -0.763. The van der Waals surface area contributed by atoms with Crippen molar-refractivity contribution in [2.75, 3.05) is 6.61 Å². The highest BCUT2D eigenvalue weighted by Gasteiger charge is 2.32. The zero-order valence-corrected chi connectivity index (χ0v) is 10.5. The van der Waals surface area contributed by atoms with Gasteiger partial charge in [0.25, 0.3) is 0 Å². The van der Waals surface area contributed by atoms with E-state index in [-0.39, 0.29) is 18.6 Å². The lowest BCUT2D eigenvalue weighted by Crippen LogP contribution is -2.30. The molecule has 0 heterocycles. The van der Waals surface area contributed by atoms with Gasteiger partial charge in [0.15, 0.2) is 0 Å². The molecular weight excluding hydrogens is 238 g/mol. The molecular formula is C14H16F2O2. The Morgan fingerprint density at radius 2 is 2.17 bits per heavy atom. The van der Waals surface area contributed by atoms with Crippen LogP contribution in [-0.4, -0.2) is 12.6 Å². The average molecular weight is 254 g/mol. The predicted molar refractivity (Wildman–Crippen MR) is 65.0 cm³/mol. The van der Waals surface area contributed by atoms with E-state index in [1.165, 1.54) is 12.1 Å². The van der Waals surface area contributed by atoms with Gasteiger partial charge in [-0.15, -0.1) is 6.58 Å². The lowest BCUT2D eigenvalue weighted by atomic mass is 9.83. The summed E-state index contributed by atoms with van der Waals surface area (Å²) >= 11 is 0. The van der Waals surface area contributed by atoms with Gasteiger partial charge in [0.05, 0.1) is 12.0 Å². The van der Waals surface area contributed by atoms with Crippen LogP contribution in [0.15, 0.2) is 30.9 Å². The number of halogens is 2. The first-order valence-electron chi connectivity index (χ1n) is 5.67. The third-order valence-corrected chi connectivity index (χ3v) is 2.77. The van der Waals surface area contributed by atoms with Crippen LogP contribution < -0.4 is 0 Å². The Morgan fingerprint density at radius 1 is 1.50 bits per heavy atom. The van der Waals surface area contributed by atoms with Crippen molar-refractivity contribution in [2.24, 2.45) is 5.41 Å². The molecule has 1 aromatic carbocycles. The van der Waals surface area contributed by atoms with E-state index >= 15 is 0 Å². The molecule has 0 amide bonds. The molecule has 4 heteroatoms. The Balaban J connectivity index is 2.98. The molecule has 1 unspecified atom stereocenters. The topological polar surface area (TPSA) is 26.3 Å². The highest BCUT2D eigenvalue weighted by atomic mass is 19.1. The predicted octanol–water partition coefficient (Wildman–Crippen LogP) is 3.26.